The molecule has 0 spiro atoms. The van der Waals surface area contributed by atoms with Crippen molar-refractivity contribution in [3.05, 3.63) is 58.1 Å². The van der Waals surface area contributed by atoms with Crippen LogP contribution in [0.1, 0.15) is 31.1 Å². The van der Waals surface area contributed by atoms with Crippen LogP contribution >= 0.6 is 23.2 Å². The first kappa shape index (κ1) is 24.1. The molecule has 0 saturated heterocycles. The molecular weight excluding hydrogens is 449 g/mol. The van der Waals surface area contributed by atoms with Crippen molar-refractivity contribution in [2.45, 2.75) is 31.7 Å². The summed E-state index contributed by atoms with van der Waals surface area (Å²) >= 11 is 12.1. The van der Waals surface area contributed by atoms with Crippen molar-refractivity contribution < 1.29 is 18.0 Å². The Kier molecular flexibility index (Phi) is 8.25. The lowest BCUT2D eigenvalue weighted by Gasteiger charge is -2.20. The number of rotatable bonds is 8. The Morgan fingerprint density at radius 3 is 2.27 bits per heavy atom. The van der Waals surface area contributed by atoms with Crippen molar-refractivity contribution in [3.63, 3.8) is 0 Å². The highest BCUT2D eigenvalue weighted by Gasteiger charge is 2.25. The maximum absolute atomic E-state index is 12.8. The molecule has 0 aliphatic rings. The van der Waals surface area contributed by atoms with Crippen LogP contribution in [0.25, 0.3) is 0 Å². The minimum atomic E-state index is -3.80. The number of anilines is 1. The van der Waals surface area contributed by atoms with Crippen LogP contribution in [0.2, 0.25) is 10.0 Å². The Bertz CT molecular complexity index is 1040. The fourth-order valence-electron chi connectivity index (χ4n) is 2.72. The maximum Gasteiger partial charge on any atom is 0.253 e. The van der Waals surface area contributed by atoms with Crippen molar-refractivity contribution in [1.82, 2.24) is 9.62 Å². The summed E-state index contributed by atoms with van der Waals surface area (Å²) in [6, 6.07) is 9.78. The second kappa shape index (κ2) is 10.3. The Morgan fingerprint density at radius 2 is 1.67 bits per heavy atom. The SMILES string of the molecule is CCN(CC)S(=O)(=O)c1cc(NC(=O)[C@@H](C)NC(=O)c2ccccc2Cl)ccc1Cl. The van der Waals surface area contributed by atoms with Gasteiger partial charge >= 0.3 is 0 Å². The molecule has 0 bridgehead atoms. The highest BCUT2D eigenvalue weighted by molar-refractivity contribution is 7.89. The van der Waals surface area contributed by atoms with E-state index >= 15 is 0 Å². The summed E-state index contributed by atoms with van der Waals surface area (Å²) in [6.45, 7) is 5.54. The van der Waals surface area contributed by atoms with Gasteiger partial charge in [0, 0.05) is 18.8 Å². The van der Waals surface area contributed by atoms with E-state index in [2.05, 4.69) is 10.6 Å². The van der Waals surface area contributed by atoms with Gasteiger partial charge in [0.05, 0.1) is 15.6 Å². The van der Waals surface area contributed by atoms with Gasteiger partial charge in [0.25, 0.3) is 5.91 Å². The van der Waals surface area contributed by atoms with Crippen LogP contribution in [0.5, 0.6) is 0 Å². The monoisotopic (exact) mass is 471 g/mol. The minimum Gasteiger partial charge on any atom is -0.340 e. The number of halogens is 2. The second-order valence-electron chi connectivity index (χ2n) is 6.40. The predicted octanol–water partition coefficient (Wildman–Crippen LogP) is 3.78. The zero-order chi connectivity index (χ0) is 22.5. The van der Waals surface area contributed by atoms with Gasteiger partial charge in [-0.15, -0.1) is 0 Å². The van der Waals surface area contributed by atoms with Gasteiger partial charge in [-0.1, -0.05) is 49.2 Å². The van der Waals surface area contributed by atoms with Gasteiger partial charge in [0.15, 0.2) is 0 Å². The molecule has 7 nitrogen and oxygen atoms in total. The highest BCUT2D eigenvalue weighted by Crippen LogP contribution is 2.28. The van der Waals surface area contributed by atoms with E-state index in [0.717, 1.165) is 0 Å². The third kappa shape index (κ3) is 5.51. The summed E-state index contributed by atoms with van der Waals surface area (Å²) < 4.78 is 26.8. The van der Waals surface area contributed by atoms with Gasteiger partial charge in [0.1, 0.15) is 10.9 Å². The van der Waals surface area contributed by atoms with Gasteiger partial charge in [-0.3, -0.25) is 9.59 Å². The molecule has 2 rings (SSSR count). The lowest BCUT2D eigenvalue weighted by atomic mass is 10.2. The molecule has 0 aliphatic carbocycles. The van der Waals surface area contributed by atoms with Gasteiger partial charge < -0.3 is 10.6 Å². The maximum atomic E-state index is 12.8. The molecule has 2 aromatic carbocycles. The first-order valence-electron chi connectivity index (χ1n) is 9.27. The van der Waals surface area contributed by atoms with E-state index in [-0.39, 0.29) is 39.3 Å². The lowest BCUT2D eigenvalue weighted by molar-refractivity contribution is -0.117. The highest BCUT2D eigenvalue weighted by atomic mass is 35.5. The molecule has 0 saturated carbocycles. The van der Waals surface area contributed by atoms with E-state index in [1.54, 1.807) is 38.1 Å². The first-order valence-corrected chi connectivity index (χ1v) is 11.5. The zero-order valence-electron chi connectivity index (χ0n) is 16.8. The number of nitrogens with one attached hydrogen (secondary N) is 2. The molecule has 0 radical (unpaired) electrons. The summed E-state index contributed by atoms with van der Waals surface area (Å²) in [7, 11) is -3.80. The third-order valence-corrected chi connectivity index (χ3v) is 7.24. The molecule has 2 amide bonds. The summed E-state index contributed by atoms with van der Waals surface area (Å²) in [5.74, 6) is -1.02. The molecule has 2 N–H and O–H groups in total. The van der Waals surface area contributed by atoms with E-state index in [1.807, 2.05) is 0 Å². The Balaban J connectivity index is 2.17. The van der Waals surface area contributed by atoms with Gasteiger partial charge in [0.2, 0.25) is 15.9 Å². The van der Waals surface area contributed by atoms with Crippen LogP contribution in [0, 0.1) is 0 Å². The Hall–Kier alpha value is -2.13. The number of amides is 2. The molecule has 0 unspecified atom stereocenters. The van der Waals surface area contributed by atoms with Crippen molar-refractivity contribution in [2.75, 3.05) is 18.4 Å². The summed E-state index contributed by atoms with van der Waals surface area (Å²) in [5.41, 5.74) is 0.492. The first-order chi connectivity index (χ1) is 14.1. The van der Waals surface area contributed by atoms with Crippen LogP contribution < -0.4 is 10.6 Å². The van der Waals surface area contributed by atoms with Crippen LogP contribution in [0.3, 0.4) is 0 Å². The summed E-state index contributed by atoms with van der Waals surface area (Å²) in [4.78, 5) is 24.7. The number of sulfonamides is 1. The smallest absolute Gasteiger partial charge is 0.253 e. The Labute approximate surface area is 186 Å². The molecule has 0 fully saturated rings. The van der Waals surface area contributed by atoms with E-state index in [9.17, 15) is 18.0 Å². The number of hydrogen-bond acceptors (Lipinski definition) is 4. The largest absolute Gasteiger partial charge is 0.340 e. The number of hydrogen-bond donors (Lipinski definition) is 2. The molecule has 10 heteroatoms. The van der Waals surface area contributed by atoms with Gasteiger partial charge in [-0.05, 0) is 37.3 Å². The fraction of sp³-hybridized carbons (Fsp3) is 0.300. The van der Waals surface area contributed by atoms with Crippen molar-refractivity contribution in [3.8, 4) is 0 Å². The summed E-state index contributed by atoms with van der Waals surface area (Å²) in [5, 5.41) is 5.49. The van der Waals surface area contributed by atoms with Crippen LogP contribution in [-0.2, 0) is 14.8 Å². The van der Waals surface area contributed by atoms with Gasteiger partial charge in [-0.25, -0.2) is 8.42 Å². The Morgan fingerprint density at radius 1 is 1.03 bits per heavy atom. The molecule has 0 aromatic heterocycles. The minimum absolute atomic E-state index is 0.0555. The van der Waals surface area contributed by atoms with E-state index < -0.39 is 27.9 Å². The number of benzene rings is 2. The number of carbonyl (C=O) groups excluding carboxylic acids is 2. The standard InChI is InChI=1S/C20H23Cl2N3O4S/c1-4-25(5-2)30(28,29)18-12-14(10-11-17(18)22)24-19(26)13(3)23-20(27)15-8-6-7-9-16(15)21/h6-13H,4-5H2,1-3H3,(H,23,27)(H,24,26)/t13-/m1/s1. The van der Waals surface area contributed by atoms with Crippen LogP contribution in [-0.4, -0.2) is 43.7 Å². The fourth-order valence-corrected chi connectivity index (χ4v) is 4.90. The molecule has 2 aromatic rings. The quantitative estimate of drug-likeness (QED) is 0.611. The van der Waals surface area contributed by atoms with Crippen molar-refractivity contribution in [1.29, 1.82) is 0 Å². The van der Waals surface area contributed by atoms with Crippen LogP contribution in [0.15, 0.2) is 47.4 Å². The number of carbonyl (C=O) groups is 2. The number of nitrogens with zero attached hydrogens (tertiary/aromatic N) is 1. The van der Waals surface area contributed by atoms with E-state index in [4.69, 9.17) is 23.2 Å². The molecule has 0 heterocycles. The van der Waals surface area contributed by atoms with Gasteiger partial charge in [-0.2, -0.15) is 4.31 Å². The average molecular weight is 472 g/mol. The summed E-state index contributed by atoms with van der Waals surface area (Å²) in [6.07, 6.45) is 0. The normalized spacial score (nSPS) is 12.5. The molecule has 30 heavy (non-hydrogen) atoms. The zero-order valence-corrected chi connectivity index (χ0v) is 19.1. The molecule has 1 atom stereocenters. The third-order valence-electron chi connectivity index (χ3n) is 4.38. The van der Waals surface area contributed by atoms with E-state index in [1.165, 1.54) is 29.4 Å². The molecule has 162 valence electrons. The predicted molar refractivity (Wildman–Crippen MR) is 119 cm³/mol. The molecule has 0 aliphatic heterocycles. The second-order valence-corrected chi connectivity index (χ2v) is 9.12. The van der Waals surface area contributed by atoms with Crippen molar-refractivity contribution >= 4 is 50.7 Å². The average Bonchev–Trinajstić information content (AvgIpc) is 2.70. The van der Waals surface area contributed by atoms with E-state index in [0.29, 0.717) is 0 Å². The van der Waals surface area contributed by atoms with Crippen LogP contribution in [0.4, 0.5) is 5.69 Å². The topological polar surface area (TPSA) is 95.6 Å². The van der Waals surface area contributed by atoms with Crippen molar-refractivity contribution in [2.24, 2.45) is 0 Å². The molecular formula is C20H23Cl2N3O4S. The lowest BCUT2D eigenvalue weighted by Crippen LogP contribution is -2.41.